The van der Waals surface area contributed by atoms with Crippen LogP contribution in [0.1, 0.15) is 24.1 Å². The van der Waals surface area contributed by atoms with E-state index in [4.69, 9.17) is 11.6 Å². The molecule has 0 aliphatic carbocycles. The summed E-state index contributed by atoms with van der Waals surface area (Å²) in [6, 6.07) is 21.3. The molecule has 0 amide bonds. The van der Waals surface area contributed by atoms with Crippen LogP contribution in [0.3, 0.4) is 0 Å². The summed E-state index contributed by atoms with van der Waals surface area (Å²) < 4.78 is 2.33. The summed E-state index contributed by atoms with van der Waals surface area (Å²) in [6.45, 7) is 3.20. The van der Waals surface area contributed by atoms with Crippen molar-refractivity contribution in [3.05, 3.63) is 83.1 Å². The van der Waals surface area contributed by atoms with Gasteiger partial charge in [0.15, 0.2) is 0 Å². The van der Waals surface area contributed by atoms with Crippen LogP contribution >= 0.6 is 24.0 Å². The van der Waals surface area contributed by atoms with Crippen LogP contribution in [0.4, 0.5) is 5.69 Å². The predicted molar refractivity (Wildman–Crippen MR) is 114 cm³/mol. The van der Waals surface area contributed by atoms with Crippen molar-refractivity contribution in [2.24, 2.45) is 0 Å². The number of nitrogens with zero attached hydrogens (tertiary/aromatic N) is 2. The van der Waals surface area contributed by atoms with Crippen molar-refractivity contribution in [3.63, 3.8) is 0 Å². The third kappa shape index (κ3) is 3.25. The van der Waals surface area contributed by atoms with E-state index in [0.29, 0.717) is 0 Å². The van der Waals surface area contributed by atoms with E-state index in [1.165, 1.54) is 16.9 Å². The van der Waals surface area contributed by atoms with Crippen LogP contribution in [-0.2, 0) is 12.1 Å². The molecule has 1 fully saturated rings. The molecule has 3 heterocycles. The van der Waals surface area contributed by atoms with Crippen LogP contribution < -0.4 is 5.32 Å². The number of benzene rings is 2. The van der Waals surface area contributed by atoms with Crippen molar-refractivity contribution >= 4 is 29.7 Å². The summed E-state index contributed by atoms with van der Waals surface area (Å²) in [5, 5.41) is 4.63. The second-order valence-electron chi connectivity index (χ2n) is 7.39. The second-order valence-corrected chi connectivity index (χ2v) is 7.83. The minimum atomic E-state index is -0.00559. The number of nitrogens with one attached hydrogen (secondary N) is 1. The van der Waals surface area contributed by atoms with Gasteiger partial charge in [-0.1, -0.05) is 41.9 Å². The van der Waals surface area contributed by atoms with Gasteiger partial charge in [-0.3, -0.25) is 4.90 Å². The van der Waals surface area contributed by atoms with E-state index >= 15 is 0 Å². The molecule has 140 valence electrons. The lowest BCUT2D eigenvalue weighted by Gasteiger charge is -2.46. The highest BCUT2D eigenvalue weighted by molar-refractivity contribution is 6.31. The number of halogens is 2. The fraction of sp³-hybridized carbons (Fsp3) is 0.273. The van der Waals surface area contributed by atoms with Crippen LogP contribution in [0.15, 0.2) is 66.9 Å². The van der Waals surface area contributed by atoms with Gasteiger partial charge in [-0.15, -0.1) is 12.4 Å². The van der Waals surface area contributed by atoms with Gasteiger partial charge in [0.25, 0.3) is 0 Å². The maximum Gasteiger partial charge on any atom is 0.0804 e. The number of hydrogen-bond acceptors (Lipinski definition) is 2. The molecule has 0 bridgehead atoms. The summed E-state index contributed by atoms with van der Waals surface area (Å²) in [5.74, 6) is 0. The highest BCUT2D eigenvalue weighted by atomic mass is 35.5. The van der Waals surface area contributed by atoms with Gasteiger partial charge >= 0.3 is 0 Å². The van der Waals surface area contributed by atoms with Gasteiger partial charge in [-0.2, -0.15) is 0 Å². The highest BCUT2D eigenvalue weighted by Crippen LogP contribution is 2.44. The van der Waals surface area contributed by atoms with Crippen molar-refractivity contribution in [3.8, 4) is 5.69 Å². The zero-order valence-electron chi connectivity index (χ0n) is 15.1. The second kappa shape index (κ2) is 7.23. The van der Waals surface area contributed by atoms with Gasteiger partial charge in [0.05, 0.1) is 16.9 Å². The Labute approximate surface area is 171 Å². The van der Waals surface area contributed by atoms with E-state index < -0.39 is 0 Å². The largest absolute Gasteiger partial charge is 0.372 e. The molecule has 0 atom stereocenters. The molecule has 2 aliphatic rings. The third-order valence-corrected chi connectivity index (χ3v) is 6.02. The van der Waals surface area contributed by atoms with E-state index in [0.717, 1.165) is 43.2 Å². The van der Waals surface area contributed by atoms with Gasteiger partial charge < -0.3 is 9.88 Å². The minimum absolute atomic E-state index is 0. The number of anilines is 1. The van der Waals surface area contributed by atoms with Crippen molar-refractivity contribution in [1.82, 2.24) is 9.47 Å². The topological polar surface area (TPSA) is 20.2 Å². The van der Waals surface area contributed by atoms with Gasteiger partial charge in [-0.25, -0.2) is 0 Å². The first kappa shape index (κ1) is 18.4. The molecular weight excluding hydrogens is 377 g/mol. The lowest BCUT2D eigenvalue weighted by molar-refractivity contribution is 0.162. The molecule has 3 nitrogen and oxygen atoms in total. The average Bonchev–Trinajstić information content (AvgIpc) is 3.15. The van der Waals surface area contributed by atoms with Crippen molar-refractivity contribution < 1.29 is 0 Å². The Hall–Kier alpha value is -1.94. The molecule has 0 saturated carbocycles. The number of fused-ring (bicyclic) bond motifs is 4. The number of rotatable bonds is 2. The SMILES string of the molecule is Cl.Clc1ccc2c(c1)NC1(CCN(Cc3ccccc3)CC1)c1cccn1-2. The standard InChI is InChI=1S/C22H22ClN3.ClH/c23-18-8-9-20-19(15-18)24-22(21-7-4-12-26(20)21)10-13-25(14-11-22)16-17-5-2-1-3-6-17;/h1-9,12,15,24H,10-11,13-14,16H2;1H. The summed E-state index contributed by atoms with van der Waals surface area (Å²) >= 11 is 6.26. The number of likely N-dealkylation sites (tertiary alicyclic amines) is 1. The third-order valence-electron chi connectivity index (χ3n) is 5.79. The van der Waals surface area contributed by atoms with E-state index in [9.17, 15) is 0 Å². The van der Waals surface area contributed by atoms with Gasteiger partial charge in [0, 0.05) is 36.5 Å². The Morgan fingerprint density at radius 3 is 2.52 bits per heavy atom. The lowest BCUT2D eigenvalue weighted by atomic mass is 9.82. The molecule has 0 radical (unpaired) electrons. The molecule has 1 aromatic heterocycles. The molecule has 1 spiro atoms. The first-order chi connectivity index (χ1) is 12.7. The number of piperidine rings is 1. The highest BCUT2D eigenvalue weighted by Gasteiger charge is 2.41. The Bertz CT molecular complexity index is 928. The molecule has 3 aromatic rings. The van der Waals surface area contributed by atoms with Gasteiger partial charge in [-0.05, 0) is 48.7 Å². The summed E-state index contributed by atoms with van der Waals surface area (Å²) in [5.41, 5.74) is 5.07. The monoisotopic (exact) mass is 399 g/mol. The summed E-state index contributed by atoms with van der Waals surface area (Å²) in [6.07, 6.45) is 4.35. The quantitative estimate of drug-likeness (QED) is 0.616. The molecule has 5 heteroatoms. The molecule has 5 rings (SSSR count). The summed E-state index contributed by atoms with van der Waals surface area (Å²) in [7, 11) is 0. The molecule has 1 N–H and O–H groups in total. The number of hydrogen-bond donors (Lipinski definition) is 1. The molecule has 2 aliphatic heterocycles. The molecule has 0 unspecified atom stereocenters. The van der Waals surface area contributed by atoms with Crippen molar-refractivity contribution in [1.29, 1.82) is 0 Å². The fourth-order valence-corrected chi connectivity index (χ4v) is 4.61. The first-order valence-electron chi connectivity index (χ1n) is 9.26. The van der Waals surface area contributed by atoms with Crippen LogP contribution in [0.25, 0.3) is 5.69 Å². The zero-order valence-corrected chi connectivity index (χ0v) is 16.6. The predicted octanol–water partition coefficient (Wildman–Crippen LogP) is 5.47. The van der Waals surface area contributed by atoms with E-state index in [-0.39, 0.29) is 17.9 Å². The van der Waals surface area contributed by atoms with Crippen LogP contribution in [-0.4, -0.2) is 22.6 Å². The lowest BCUT2D eigenvalue weighted by Crippen LogP contribution is -2.49. The smallest absolute Gasteiger partial charge is 0.0804 e. The number of aromatic nitrogens is 1. The minimum Gasteiger partial charge on any atom is -0.372 e. The normalized spacial score (nSPS) is 17.5. The molecule has 1 saturated heterocycles. The van der Waals surface area contributed by atoms with E-state index in [2.05, 4.69) is 75.6 Å². The van der Waals surface area contributed by atoms with E-state index in [1.807, 2.05) is 6.07 Å². The zero-order chi connectivity index (χ0) is 17.6. The van der Waals surface area contributed by atoms with Crippen LogP contribution in [0.5, 0.6) is 0 Å². The fourth-order valence-electron chi connectivity index (χ4n) is 4.44. The maximum atomic E-state index is 6.26. The molecule has 27 heavy (non-hydrogen) atoms. The maximum absolute atomic E-state index is 6.26. The Balaban J connectivity index is 0.00000180. The van der Waals surface area contributed by atoms with Crippen molar-refractivity contribution in [2.75, 3.05) is 18.4 Å². The van der Waals surface area contributed by atoms with Crippen LogP contribution in [0.2, 0.25) is 5.02 Å². The van der Waals surface area contributed by atoms with E-state index in [1.54, 1.807) is 0 Å². The Morgan fingerprint density at radius 2 is 1.74 bits per heavy atom. The van der Waals surface area contributed by atoms with Crippen molar-refractivity contribution in [2.45, 2.75) is 24.9 Å². The average molecular weight is 400 g/mol. The van der Waals surface area contributed by atoms with Crippen LogP contribution in [0, 0.1) is 0 Å². The molecule has 2 aromatic carbocycles. The Morgan fingerprint density at radius 1 is 0.963 bits per heavy atom. The molecular formula is C22H23Cl2N3. The Kier molecular flexibility index (Phi) is 4.94. The van der Waals surface area contributed by atoms with Gasteiger partial charge in [0.1, 0.15) is 0 Å². The van der Waals surface area contributed by atoms with Gasteiger partial charge in [0.2, 0.25) is 0 Å². The summed E-state index contributed by atoms with van der Waals surface area (Å²) in [4.78, 5) is 2.56. The first-order valence-corrected chi connectivity index (χ1v) is 9.64.